The number of para-hydroxylation sites is 1. The lowest BCUT2D eigenvalue weighted by molar-refractivity contribution is 0.467. The van der Waals surface area contributed by atoms with Crippen LogP contribution in [0.2, 0.25) is 5.02 Å². The Balaban J connectivity index is 2.47. The fraction of sp³-hybridized carbons (Fsp3) is 0.294. The molecule has 0 aliphatic heterocycles. The fourth-order valence-corrected chi connectivity index (χ4v) is 2.41. The molecule has 106 valence electrons. The molecule has 0 radical (unpaired) electrons. The monoisotopic (exact) mass is 289 g/mol. The van der Waals surface area contributed by atoms with E-state index in [-0.39, 0.29) is 0 Å². The highest BCUT2D eigenvalue weighted by atomic mass is 35.5. The first-order chi connectivity index (χ1) is 9.54. The van der Waals surface area contributed by atoms with Gasteiger partial charge in [0, 0.05) is 12.1 Å². The van der Waals surface area contributed by atoms with Crippen LogP contribution < -0.4 is 10.1 Å². The van der Waals surface area contributed by atoms with Crippen molar-refractivity contribution in [2.24, 2.45) is 0 Å². The van der Waals surface area contributed by atoms with Crippen LogP contribution >= 0.6 is 11.6 Å². The summed E-state index contributed by atoms with van der Waals surface area (Å²) in [5, 5.41) is 3.78. The predicted molar refractivity (Wildman–Crippen MR) is 84.9 cm³/mol. The molecule has 0 amide bonds. The summed E-state index contributed by atoms with van der Waals surface area (Å²) in [4.78, 5) is 0. The first-order valence-corrected chi connectivity index (χ1v) is 7.09. The van der Waals surface area contributed by atoms with Crippen molar-refractivity contribution in [1.29, 1.82) is 0 Å². The highest BCUT2D eigenvalue weighted by Crippen LogP contribution is 2.36. The molecule has 0 spiro atoms. The molecular formula is C17H20ClNO. The average molecular weight is 290 g/mol. The van der Waals surface area contributed by atoms with Gasteiger partial charge in [-0.15, -0.1) is 0 Å². The van der Waals surface area contributed by atoms with Gasteiger partial charge in [-0.1, -0.05) is 35.9 Å². The van der Waals surface area contributed by atoms with E-state index < -0.39 is 0 Å². The molecule has 0 unspecified atom stereocenters. The zero-order valence-corrected chi connectivity index (χ0v) is 13.1. The summed E-state index contributed by atoms with van der Waals surface area (Å²) in [6.45, 7) is 6.94. The Labute approximate surface area is 125 Å². The van der Waals surface area contributed by atoms with Gasteiger partial charge >= 0.3 is 0 Å². The lowest BCUT2D eigenvalue weighted by Crippen LogP contribution is -2.07. The SMILES string of the molecule is CNCc1cccc(Cl)c1Oc1c(C)ccc(C)c1C. The molecule has 0 aliphatic carbocycles. The van der Waals surface area contributed by atoms with Gasteiger partial charge in [0.25, 0.3) is 0 Å². The molecule has 3 heteroatoms. The van der Waals surface area contributed by atoms with Gasteiger partial charge in [-0.05, 0) is 50.6 Å². The van der Waals surface area contributed by atoms with E-state index in [9.17, 15) is 0 Å². The van der Waals surface area contributed by atoms with Crippen molar-refractivity contribution in [3.63, 3.8) is 0 Å². The van der Waals surface area contributed by atoms with Crippen molar-refractivity contribution in [1.82, 2.24) is 5.32 Å². The molecular weight excluding hydrogens is 270 g/mol. The molecule has 0 atom stereocenters. The van der Waals surface area contributed by atoms with Gasteiger partial charge in [0.2, 0.25) is 0 Å². The normalized spacial score (nSPS) is 10.7. The van der Waals surface area contributed by atoms with Crippen LogP contribution in [0.1, 0.15) is 22.3 Å². The Bertz CT molecular complexity index is 623. The Morgan fingerprint density at radius 2 is 1.70 bits per heavy atom. The summed E-state index contributed by atoms with van der Waals surface area (Å²) < 4.78 is 6.16. The molecule has 0 aliphatic rings. The molecule has 0 bridgehead atoms. The van der Waals surface area contributed by atoms with Gasteiger partial charge in [0.05, 0.1) is 5.02 Å². The number of rotatable bonds is 4. The largest absolute Gasteiger partial charge is 0.455 e. The van der Waals surface area contributed by atoms with Crippen LogP contribution in [0.25, 0.3) is 0 Å². The summed E-state index contributed by atoms with van der Waals surface area (Å²) in [6, 6.07) is 10.0. The topological polar surface area (TPSA) is 21.3 Å². The molecule has 0 fully saturated rings. The number of benzene rings is 2. The van der Waals surface area contributed by atoms with Crippen molar-refractivity contribution >= 4 is 11.6 Å². The third kappa shape index (κ3) is 2.97. The van der Waals surface area contributed by atoms with Crippen LogP contribution in [0.15, 0.2) is 30.3 Å². The van der Waals surface area contributed by atoms with E-state index in [0.717, 1.165) is 34.7 Å². The zero-order valence-electron chi connectivity index (χ0n) is 12.4. The minimum atomic E-state index is 0.637. The van der Waals surface area contributed by atoms with Crippen LogP contribution in [0.4, 0.5) is 0 Å². The van der Waals surface area contributed by atoms with E-state index in [1.54, 1.807) is 0 Å². The molecule has 0 saturated heterocycles. The van der Waals surface area contributed by atoms with E-state index in [1.807, 2.05) is 25.2 Å². The number of hydrogen-bond donors (Lipinski definition) is 1. The first kappa shape index (κ1) is 14.9. The van der Waals surface area contributed by atoms with Crippen molar-refractivity contribution in [2.75, 3.05) is 7.05 Å². The van der Waals surface area contributed by atoms with Gasteiger partial charge in [0.15, 0.2) is 5.75 Å². The molecule has 0 aromatic heterocycles. The van der Waals surface area contributed by atoms with Gasteiger partial charge in [0.1, 0.15) is 5.75 Å². The Hall–Kier alpha value is -1.51. The van der Waals surface area contributed by atoms with E-state index in [4.69, 9.17) is 16.3 Å². The van der Waals surface area contributed by atoms with Gasteiger partial charge < -0.3 is 10.1 Å². The van der Waals surface area contributed by atoms with Crippen molar-refractivity contribution < 1.29 is 4.74 Å². The molecule has 0 saturated carbocycles. The lowest BCUT2D eigenvalue weighted by atomic mass is 10.1. The maximum Gasteiger partial charge on any atom is 0.150 e. The Morgan fingerprint density at radius 3 is 2.40 bits per heavy atom. The summed E-state index contributed by atoms with van der Waals surface area (Å²) in [6.07, 6.45) is 0. The Kier molecular flexibility index (Phi) is 4.69. The molecule has 2 rings (SSSR count). The summed E-state index contributed by atoms with van der Waals surface area (Å²) in [5.41, 5.74) is 4.54. The van der Waals surface area contributed by atoms with Crippen molar-refractivity contribution in [3.8, 4) is 11.5 Å². The summed E-state index contributed by atoms with van der Waals surface area (Å²) in [7, 11) is 1.91. The third-order valence-corrected chi connectivity index (χ3v) is 3.79. The maximum absolute atomic E-state index is 6.31. The number of ether oxygens (including phenoxy) is 1. The number of aryl methyl sites for hydroxylation is 2. The Morgan fingerprint density at radius 1 is 1.00 bits per heavy atom. The molecule has 0 heterocycles. The second kappa shape index (κ2) is 6.29. The highest BCUT2D eigenvalue weighted by molar-refractivity contribution is 6.32. The number of halogens is 1. The molecule has 2 aromatic rings. The van der Waals surface area contributed by atoms with E-state index in [0.29, 0.717) is 5.02 Å². The van der Waals surface area contributed by atoms with Crippen LogP contribution in [0.3, 0.4) is 0 Å². The summed E-state index contributed by atoms with van der Waals surface area (Å²) >= 11 is 6.31. The highest BCUT2D eigenvalue weighted by Gasteiger charge is 2.13. The molecule has 2 nitrogen and oxygen atoms in total. The molecule has 20 heavy (non-hydrogen) atoms. The molecule has 1 N–H and O–H groups in total. The van der Waals surface area contributed by atoms with Crippen LogP contribution in [0.5, 0.6) is 11.5 Å². The maximum atomic E-state index is 6.31. The average Bonchev–Trinajstić information content (AvgIpc) is 2.42. The van der Waals surface area contributed by atoms with Crippen LogP contribution in [-0.4, -0.2) is 7.05 Å². The van der Waals surface area contributed by atoms with Crippen LogP contribution in [-0.2, 0) is 6.54 Å². The standard InChI is InChI=1S/C17H20ClNO/c1-11-8-9-12(2)16(13(11)3)20-17-14(10-19-4)6-5-7-15(17)18/h5-9,19H,10H2,1-4H3. The van der Waals surface area contributed by atoms with Crippen LogP contribution in [0, 0.1) is 20.8 Å². The van der Waals surface area contributed by atoms with Gasteiger partial charge in [-0.2, -0.15) is 0 Å². The minimum absolute atomic E-state index is 0.637. The fourth-order valence-electron chi connectivity index (χ4n) is 2.18. The second-order valence-corrected chi connectivity index (χ2v) is 5.42. The number of hydrogen-bond acceptors (Lipinski definition) is 2. The van der Waals surface area contributed by atoms with E-state index in [1.165, 1.54) is 5.56 Å². The minimum Gasteiger partial charge on any atom is -0.455 e. The van der Waals surface area contributed by atoms with Crippen molar-refractivity contribution in [3.05, 3.63) is 57.6 Å². The summed E-state index contributed by atoms with van der Waals surface area (Å²) in [5.74, 6) is 1.63. The van der Waals surface area contributed by atoms with Crippen molar-refractivity contribution in [2.45, 2.75) is 27.3 Å². The number of nitrogens with one attached hydrogen (secondary N) is 1. The second-order valence-electron chi connectivity index (χ2n) is 5.01. The third-order valence-electron chi connectivity index (χ3n) is 3.49. The van der Waals surface area contributed by atoms with Gasteiger partial charge in [-0.25, -0.2) is 0 Å². The predicted octanol–water partition coefficient (Wildman–Crippen LogP) is 4.78. The zero-order chi connectivity index (χ0) is 14.7. The quantitative estimate of drug-likeness (QED) is 0.875. The van der Waals surface area contributed by atoms with E-state index >= 15 is 0 Å². The smallest absolute Gasteiger partial charge is 0.150 e. The lowest BCUT2D eigenvalue weighted by Gasteiger charge is -2.17. The van der Waals surface area contributed by atoms with E-state index in [2.05, 4.69) is 38.2 Å². The van der Waals surface area contributed by atoms with Gasteiger partial charge in [-0.3, -0.25) is 0 Å². The first-order valence-electron chi connectivity index (χ1n) is 6.71. The molecule has 2 aromatic carbocycles.